The van der Waals surface area contributed by atoms with Crippen LogP contribution < -0.4 is 24.8 Å². The Hall–Kier alpha value is 1.56. The van der Waals surface area contributed by atoms with Gasteiger partial charge in [0.15, 0.2) is 0 Å². The number of hydrogen-bond acceptors (Lipinski definition) is 0. The molecule has 0 aromatic rings. The second kappa shape index (κ2) is 11.6. The third-order valence-corrected chi connectivity index (χ3v) is 5.91. The Morgan fingerprint density at radius 3 is 1.73 bits per heavy atom. The Balaban J connectivity index is -0.000000213. The molecule has 0 spiro atoms. The minimum atomic E-state index is -0.105. The van der Waals surface area contributed by atoms with Gasteiger partial charge in [-0.1, -0.05) is 44.3 Å². The van der Waals surface area contributed by atoms with Gasteiger partial charge in [0.1, 0.15) is 0 Å². The Labute approximate surface area is 100 Å². The first-order valence-electron chi connectivity index (χ1n) is 3.93. The van der Waals surface area contributed by atoms with Gasteiger partial charge in [0.05, 0.1) is 0 Å². The van der Waals surface area contributed by atoms with Gasteiger partial charge in [-0.15, -0.1) is 0 Å². The van der Waals surface area contributed by atoms with Crippen molar-refractivity contribution < 1.29 is 24.8 Å². The van der Waals surface area contributed by atoms with Crippen molar-refractivity contribution in [2.24, 2.45) is 0 Å². The topological polar surface area (TPSA) is 0 Å². The molecule has 1 aliphatic rings. The summed E-state index contributed by atoms with van der Waals surface area (Å²) < 4.78 is 0. The normalized spacial score (nSPS) is 17.2. The molecule has 0 unspecified atom stereocenters. The van der Waals surface area contributed by atoms with Crippen molar-refractivity contribution >= 4 is 31.8 Å². The van der Waals surface area contributed by atoms with Gasteiger partial charge in [-0.3, -0.25) is 0 Å². The predicted molar refractivity (Wildman–Crippen MR) is 46.8 cm³/mol. The Bertz CT molecular complexity index is 67.5. The molecule has 0 saturated carbocycles. The molecule has 0 radical (unpaired) electrons. The van der Waals surface area contributed by atoms with E-state index < -0.39 is 0 Å². The average Bonchev–Trinajstić information content (AvgIpc) is 1.90. The van der Waals surface area contributed by atoms with Crippen molar-refractivity contribution in [3.63, 3.8) is 0 Å². The zero-order valence-electron chi connectivity index (χ0n) is 7.28. The molecule has 0 atom stereocenters. The summed E-state index contributed by atoms with van der Waals surface area (Å²) in [6, 6.07) is 4.85. The summed E-state index contributed by atoms with van der Waals surface area (Å²) in [5.41, 5.74) is 0. The Morgan fingerprint density at radius 2 is 1.45 bits per heavy atom. The molecule has 1 heterocycles. The molecule has 0 aliphatic carbocycles. The van der Waals surface area contributed by atoms with Gasteiger partial charge in [-0.05, 0) is 0 Å². The molecule has 11 heavy (non-hydrogen) atoms. The van der Waals surface area contributed by atoms with Crippen LogP contribution in [-0.2, 0) is 0 Å². The first-order chi connectivity index (χ1) is 3.93. The smallest absolute Gasteiger partial charge is 1.00 e. The van der Waals surface area contributed by atoms with Gasteiger partial charge >= 0.3 is 23.1 Å². The fourth-order valence-corrected chi connectivity index (χ4v) is 4.43. The zero-order valence-corrected chi connectivity index (χ0v) is 11.4. The summed E-state index contributed by atoms with van der Waals surface area (Å²) in [4.78, 5) is 0. The first-order valence-corrected chi connectivity index (χ1v) is 6.38. The molecule has 4 heteroatoms. The van der Waals surface area contributed by atoms with Crippen LogP contribution in [0.4, 0.5) is 0 Å². The molecule has 0 aromatic heterocycles. The van der Waals surface area contributed by atoms with E-state index in [9.17, 15) is 0 Å². The molecule has 0 amide bonds. The van der Waals surface area contributed by atoms with Crippen LogP contribution in [0.25, 0.3) is 0 Å². The molecule has 1 saturated heterocycles. The van der Waals surface area contributed by atoms with E-state index >= 15 is 0 Å². The fraction of sp³-hybridized carbons (Fsp3) is 1.00. The van der Waals surface area contributed by atoms with Crippen molar-refractivity contribution in [2.75, 3.05) is 0 Å². The van der Waals surface area contributed by atoms with E-state index in [-0.39, 0.29) is 56.7 Å². The molecule has 0 N–H and O–H groups in total. The zero-order chi connectivity index (χ0) is 5.82. The summed E-state index contributed by atoms with van der Waals surface area (Å²) in [6.45, 7) is 2.38. The van der Waals surface area contributed by atoms with Gasteiger partial charge in [0.25, 0.3) is 0 Å². The third-order valence-electron chi connectivity index (χ3n) is 2.30. The second-order valence-electron chi connectivity index (χ2n) is 2.91. The van der Waals surface area contributed by atoms with Crippen molar-refractivity contribution in [1.29, 1.82) is 0 Å². The summed E-state index contributed by atoms with van der Waals surface area (Å²) in [5.74, 6) is 0. The van der Waals surface area contributed by atoms with E-state index in [4.69, 9.17) is 0 Å². The minimum Gasteiger partial charge on any atom is -1.00 e. The first kappa shape index (κ1) is 18.4. The van der Waals surface area contributed by atoms with E-state index in [0.717, 1.165) is 0 Å². The monoisotopic (exact) mass is 222 g/mol. The summed E-state index contributed by atoms with van der Waals surface area (Å²) in [6.07, 6.45) is 4.65. The van der Waals surface area contributed by atoms with Crippen molar-refractivity contribution in [3.05, 3.63) is 0 Å². The maximum absolute atomic E-state index is 2.38. The average molecular weight is 224 g/mol. The van der Waals surface area contributed by atoms with Gasteiger partial charge in [0, 0.05) is 8.80 Å². The van der Waals surface area contributed by atoms with E-state index in [1.165, 1.54) is 6.42 Å². The number of hydrogen-bond donors (Lipinski definition) is 0. The maximum Gasteiger partial charge on any atom is 2.00 e. The number of rotatable bonds is 1. The summed E-state index contributed by atoms with van der Waals surface area (Å²) >= 11 is 0. The maximum atomic E-state index is 2.38. The molecular formula is C7H16Cl2MgSi. The predicted octanol–water partition coefficient (Wildman–Crippen LogP) is -3.96. The molecule has 1 rings (SSSR count). The van der Waals surface area contributed by atoms with Crippen molar-refractivity contribution in [2.45, 2.75) is 44.3 Å². The quantitative estimate of drug-likeness (QED) is 0.398. The molecule has 1 aliphatic heterocycles. The van der Waals surface area contributed by atoms with Crippen LogP contribution in [0.3, 0.4) is 0 Å². The van der Waals surface area contributed by atoms with Crippen LogP contribution in [0, 0.1) is 0 Å². The molecule has 0 bridgehead atoms. The summed E-state index contributed by atoms with van der Waals surface area (Å²) in [5, 5.41) is 0. The van der Waals surface area contributed by atoms with E-state index in [0.29, 0.717) is 0 Å². The van der Waals surface area contributed by atoms with Gasteiger partial charge in [-0.2, -0.15) is 0 Å². The Kier molecular flexibility index (Phi) is 19.3. The third kappa shape index (κ3) is 7.91. The van der Waals surface area contributed by atoms with Crippen LogP contribution in [0.2, 0.25) is 18.1 Å². The molecular weight excluding hydrogens is 207 g/mol. The Morgan fingerprint density at radius 1 is 1.00 bits per heavy atom. The second-order valence-corrected chi connectivity index (χ2v) is 6.62. The van der Waals surface area contributed by atoms with Gasteiger partial charge in [-0.25, -0.2) is 0 Å². The van der Waals surface area contributed by atoms with Crippen LogP contribution in [0.5, 0.6) is 0 Å². The van der Waals surface area contributed by atoms with Crippen LogP contribution >= 0.6 is 0 Å². The van der Waals surface area contributed by atoms with E-state index in [1.807, 2.05) is 0 Å². The molecule has 1 fully saturated rings. The van der Waals surface area contributed by atoms with Crippen LogP contribution in [-0.4, -0.2) is 31.8 Å². The van der Waals surface area contributed by atoms with Crippen LogP contribution in [0.15, 0.2) is 0 Å². The molecule has 0 aromatic carbocycles. The van der Waals surface area contributed by atoms with Gasteiger partial charge in [0.2, 0.25) is 0 Å². The largest absolute Gasteiger partial charge is 2.00 e. The standard InChI is InChI=1S/C7H16Si.2ClH.Mg/c1-2-8-6-4-3-5-7-8;;;/h8H,2-7H2,1H3;2*1H;/q;;;+2/p-2. The molecule has 0 nitrogen and oxygen atoms in total. The minimum absolute atomic E-state index is 0. The van der Waals surface area contributed by atoms with Crippen LogP contribution in [0.1, 0.15) is 26.2 Å². The fourth-order valence-electron chi connectivity index (χ4n) is 1.60. The SMILES string of the molecule is CC[SiH]1CCCCC1.[Cl-].[Cl-].[Mg+2]. The summed E-state index contributed by atoms with van der Waals surface area (Å²) in [7, 11) is -0.105. The van der Waals surface area contributed by atoms with E-state index in [2.05, 4.69) is 6.92 Å². The van der Waals surface area contributed by atoms with E-state index in [1.54, 1.807) is 31.0 Å². The van der Waals surface area contributed by atoms with Crippen molar-refractivity contribution in [1.82, 2.24) is 0 Å². The molecule has 64 valence electrons. The number of halogens is 2. The van der Waals surface area contributed by atoms with Gasteiger partial charge < -0.3 is 24.8 Å². The van der Waals surface area contributed by atoms with Crippen molar-refractivity contribution in [3.8, 4) is 0 Å².